The molecular formula is C21H23ClN6O2. The van der Waals surface area contributed by atoms with Gasteiger partial charge < -0.3 is 20.1 Å². The molecule has 1 aliphatic rings. The van der Waals surface area contributed by atoms with Crippen LogP contribution in [0.3, 0.4) is 0 Å². The molecule has 1 aliphatic heterocycles. The van der Waals surface area contributed by atoms with Gasteiger partial charge in [-0.25, -0.2) is 19.9 Å². The summed E-state index contributed by atoms with van der Waals surface area (Å²) in [6.07, 6.45) is 6.31. The highest BCUT2D eigenvalue weighted by atomic mass is 35.5. The van der Waals surface area contributed by atoms with Gasteiger partial charge in [-0.2, -0.15) is 0 Å². The predicted octanol–water partition coefficient (Wildman–Crippen LogP) is 3.03. The summed E-state index contributed by atoms with van der Waals surface area (Å²) in [7, 11) is 1.58. The standard InChI is InChI=1S/C21H23ClN6O2/c1-30-20-5-2-14(10-24-20)17(7-9-29)27-21-16-12-28(8-6-18(16)25-13-26-21)19-4-3-15(22)11-23-19/h2-5,10-11,13,17,29H,6-9,12H2,1H3,(H,25,26,27). The third kappa shape index (κ3) is 4.44. The van der Waals surface area contributed by atoms with Crippen LogP contribution in [0.4, 0.5) is 11.6 Å². The van der Waals surface area contributed by atoms with Crippen molar-refractivity contribution in [3.63, 3.8) is 0 Å². The van der Waals surface area contributed by atoms with Gasteiger partial charge in [-0.15, -0.1) is 0 Å². The molecule has 156 valence electrons. The number of pyridine rings is 2. The Kier molecular flexibility index (Phi) is 6.25. The van der Waals surface area contributed by atoms with Crippen LogP contribution < -0.4 is 15.0 Å². The Bertz CT molecular complexity index is 984. The van der Waals surface area contributed by atoms with Crippen molar-refractivity contribution < 1.29 is 9.84 Å². The SMILES string of the molecule is COc1ccc(C(CCO)Nc2ncnc3c2CN(c2ccc(Cl)cn2)CC3)cn1. The Morgan fingerprint density at radius 3 is 2.77 bits per heavy atom. The Labute approximate surface area is 179 Å². The molecule has 4 heterocycles. The van der Waals surface area contributed by atoms with E-state index in [0.717, 1.165) is 41.4 Å². The van der Waals surface area contributed by atoms with Crippen LogP contribution in [0.1, 0.15) is 29.3 Å². The number of anilines is 2. The van der Waals surface area contributed by atoms with E-state index in [1.807, 2.05) is 24.3 Å². The Morgan fingerprint density at radius 1 is 1.17 bits per heavy atom. The Balaban J connectivity index is 1.59. The average Bonchev–Trinajstić information content (AvgIpc) is 2.79. The highest BCUT2D eigenvalue weighted by Crippen LogP contribution is 2.30. The molecule has 3 aromatic rings. The first kappa shape index (κ1) is 20.3. The summed E-state index contributed by atoms with van der Waals surface area (Å²) < 4.78 is 5.14. The summed E-state index contributed by atoms with van der Waals surface area (Å²) in [5, 5.41) is 13.7. The molecule has 0 fully saturated rings. The van der Waals surface area contributed by atoms with Crippen molar-refractivity contribution in [1.29, 1.82) is 0 Å². The minimum Gasteiger partial charge on any atom is -0.481 e. The van der Waals surface area contributed by atoms with E-state index in [4.69, 9.17) is 16.3 Å². The van der Waals surface area contributed by atoms with Crippen molar-refractivity contribution in [3.8, 4) is 5.88 Å². The number of hydrogen-bond acceptors (Lipinski definition) is 8. The van der Waals surface area contributed by atoms with Crippen LogP contribution in [-0.4, -0.2) is 45.3 Å². The fraction of sp³-hybridized carbons (Fsp3) is 0.333. The van der Waals surface area contributed by atoms with E-state index in [0.29, 0.717) is 23.9 Å². The Morgan fingerprint density at radius 2 is 2.07 bits per heavy atom. The topological polar surface area (TPSA) is 96.3 Å². The van der Waals surface area contributed by atoms with Crippen molar-refractivity contribution in [1.82, 2.24) is 19.9 Å². The fourth-order valence-corrected chi connectivity index (χ4v) is 3.66. The molecular weight excluding hydrogens is 404 g/mol. The minimum absolute atomic E-state index is 0.0395. The van der Waals surface area contributed by atoms with Crippen molar-refractivity contribution in [2.45, 2.75) is 25.4 Å². The zero-order chi connectivity index (χ0) is 20.9. The third-order valence-corrected chi connectivity index (χ3v) is 5.36. The van der Waals surface area contributed by atoms with Crippen molar-refractivity contribution in [2.75, 3.05) is 30.5 Å². The first-order chi connectivity index (χ1) is 14.7. The number of hydrogen-bond donors (Lipinski definition) is 2. The number of ether oxygens (including phenoxy) is 1. The average molecular weight is 427 g/mol. The normalized spacial score (nSPS) is 14.2. The molecule has 0 radical (unpaired) electrons. The molecule has 0 aromatic carbocycles. The largest absolute Gasteiger partial charge is 0.481 e. The molecule has 0 amide bonds. The molecule has 1 atom stereocenters. The van der Waals surface area contributed by atoms with Crippen LogP contribution >= 0.6 is 11.6 Å². The Hall–Kier alpha value is -2.97. The maximum absolute atomic E-state index is 9.58. The molecule has 9 heteroatoms. The summed E-state index contributed by atoms with van der Waals surface area (Å²) in [5.74, 6) is 2.17. The van der Waals surface area contributed by atoms with Crippen LogP contribution in [0.5, 0.6) is 5.88 Å². The summed E-state index contributed by atoms with van der Waals surface area (Å²) in [4.78, 5) is 19.9. The van der Waals surface area contributed by atoms with Crippen molar-refractivity contribution in [2.24, 2.45) is 0 Å². The molecule has 4 rings (SSSR count). The quantitative estimate of drug-likeness (QED) is 0.595. The van der Waals surface area contributed by atoms with Gasteiger partial charge in [0.1, 0.15) is 18.0 Å². The molecule has 0 aliphatic carbocycles. The van der Waals surface area contributed by atoms with Gasteiger partial charge in [0, 0.05) is 50.1 Å². The van der Waals surface area contributed by atoms with Crippen LogP contribution in [0.15, 0.2) is 43.0 Å². The predicted molar refractivity (Wildman–Crippen MR) is 115 cm³/mol. The van der Waals surface area contributed by atoms with Crippen molar-refractivity contribution >= 4 is 23.2 Å². The lowest BCUT2D eigenvalue weighted by atomic mass is 10.0. The number of halogens is 1. The number of aromatic nitrogens is 4. The van der Waals surface area contributed by atoms with Gasteiger partial charge in [-0.3, -0.25) is 0 Å². The number of aliphatic hydroxyl groups is 1. The van der Waals surface area contributed by atoms with Crippen LogP contribution in [0.25, 0.3) is 0 Å². The van der Waals surface area contributed by atoms with Gasteiger partial charge in [0.2, 0.25) is 5.88 Å². The number of methoxy groups -OCH3 is 1. The molecule has 0 bridgehead atoms. The highest BCUT2D eigenvalue weighted by Gasteiger charge is 2.24. The van der Waals surface area contributed by atoms with Crippen LogP contribution in [-0.2, 0) is 13.0 Å². The monoisotopic (exact) mass is 426 g/mol. The lowest BCUT2D eigenvalue weighted by Gasteiger charge is -2.31. The van der Waals surface area contributed by atoms with Gasteiger partial charge >= 0.3 is 0 Å². The maximum atomic E-state index is 9.58. The zero-order valence-electron chi connectivity index (χ0n) is 16.6. The zero-order valence-corrected chi connectivity index (χ0v) is 17.4. The van der Waals surface area contributed by atoms with Gasteiger partial charge in [-0.1, -0.05) is 17.7 Å². The van der Waals surface area contributed by atoms with E-state index >= 15 is 0 Å². The number of rotatable bonds is 7. The second-order valence-corrected chi connectivity index (χ2v) is 7.43. The summed E-state index contributed by atoms with van der Waals surface area (Å²) >= 11 is 5.98. The molecule has 2 N–H and O–H groups in total. The summed E-state index contributed by atoms with van der Waals surface area (Å²) in [6, 6.07) is 7.37. The van der Waals surface area contributed by atoms with E-state index in [9.17, 15) is 5.11 Å². The van der Waals surface area contributed by atoms with E-state index < -0.39 is 0 Å². The van der Waals surface area contributed by atoms with Gasteiger partial charge in [0.05, 0.1) is 23.9 Å². The third-order valence-electron chi connectivity index (χ3n) is 5.14. The maximum Gasteiger partial charge on any atom is 0.212 e. The number of aliphatic hydroxyl groups excluding tert-OH is 1. The minimum atomic E-state index is -0.142. The van der Waals surface area contributed by atoms with E-state index in [-0.39, 0.29) is 12.6 Å². The van der Waals surface area contributed by atoms with Crippen molar-refractivity contribution in [3.05, 3.63) is 64.8 Å². The number of nitrogens with one attached hydrogen (secondary N) is 1. The number of nitrogens with zero attached hydrogens (tertiary/aromatic N) is 5. The van der Waals surface area contributed by atoms with Gasteiger partial charge in [0.25, 0.3) is 0 Å². The lowest BCUT2D eigenvalue weighted by molar-refractivity contribution is 0.279. The molecule has 0 saturated carbocycles. The highest BCUT2D eigenvalue weighted by molar-refractivity contribution is 6.30. The molecule has 30 heavy (non-hydrogen) atoms. The second kappa shape index (κ2) is 9.23. The number of fused-ring (bicyclic) bond motifs is 1. The van der Waals surface area contributed by atoms with Gasteiger partial charge in [0.15, 0.2) is 0 Å². The first-order valence-corrected chi connectivity index (χ1v) is 10.1. The van der Waals surface area contributed by atoms with E-state index in [1.54, 1.807) is 25.8 Å². The molecule has 0 saturated heterocycles. The van der Waals surface area contributed by atoms with E-state index in [1.165, 1.54) is 0 Å². The van der Waals surface area contributed by atoms with Crippen LogP contribution in [0, 0.1) is 0 Å². The van der Waals surface area contributed by atoms with Gasteiger partial charge in [-0.05, 0) is 24.1 Å². The summed E-state index contributed by atoms with van der Waals surface area (Å²) in [5.41, 5.74) is 3.00. The first-order valence-electron chi connectivity index (χ1n) is 9.74. The van der Waals surface area contributed by atoms with Crippen LogP contribution in [0.2, 0.25) is 5.02 Å². The lowest BCUT2D eigenvalue weighted by Crippen LogP contribution is -2.32. The fourth-order valence-electron chi connectivity index (χ4n) is 3.55. The smallest absolute Gasteiger partial charge is 0.212 e. The van der Waals surface area contributed by atoms with E-state index in [2.05, 4.69) is 30.2 Å². The molecule has 0 spiro atoms. The molecule has 3 aromatic heterocycles. The summed E-state index contributed by atoms with van der Waals surface area (Å²) in [6.45, 7) is 1.50. The molecule has 8 nitrogen and oxygen atoms in total. The molecule has 1 unspecified atom stereocenters. The second-order valence-electron chi connectivity index (χ2n) is 7.00.